The summed E-state index contributed by atoms with van der Waals surface area (Å²) in [7, 11) is 0. The Morgan fingerprint density at radius 1 is 0.886 bits per heavy atom. The molecule has 0 aromatic rings. The molecule has 6 aliphatic rings. The van der Waals surface area contributed by atoms with Gasteiger partial charge in [0.05, 0.1) is 25.4 Å². The number of hydrogen-bond donors (Lipinski definition) is 0. The molecule has 4 saturated carbocycles. The molecular weight excluding hydrogens is 436 g/mol. The summed E-state index contributed by atoms with van der Waals surface area (Å²) in [5.41, 5.74) is 0.622. The minimum Gasteiger partial charge on any atom is -0.347 e. The van der Waals surface area contributed by atoms with Gasteiger partial charge in [-0.3, -0.25) is 0 Å². The third-order valence-corrected chi connectivity index (χ3v) is 11.9. The molecule has 2 heterocycles. The molecule has 0 radical (unpaired) electrons. The van der Waals surface area contributed by atoms with Crippen LogP contribution in [-0.2, 0) is 18.9 Å². The molecule has 0 amide bonds. The average molecular weight is 487 g/mol. The first-order valence-electron chi connectivity index (χ1n) is 14.9. The molecule has 4 heteroatoms. The van der Waals surface area contributed by atoms with Gasteiger partial charge in [-0.1, -0.05) is 46.3 Å². The maximum Gasteiger partial charge on any atom is 0.172 e. The van der Waals surface area contributed by atoms with Crippen LogP contribution < -0.4 is 0 Å². The van der Waals surface area contributed by atoms with Gasteiger partial charge in [0, 0.05) is 12.3 Å². The van der Waals surface area contributed by atoms with Crippen LogP contribution in [0.25, 0.3) is 0 Å². The molecule has 4 nitrogen and oxygen atoms in total. The first-order chi connectivity index (χ1) is 16.6. The minimum atomic E-state index is -0.478. The number of hydrogen-bond acceptors (Lipinski definition) is 4. The Balaban J connectivity index is 1.31. The van der Waals surface area contributed by atoms with Crippen molar-refractivity contribution < 1.29 is 18.9 Å². The average Bonchev–Trinajstić information content (AvgIpc) is 3.47. The summed E-state index contributed by atoms with van der Waals surface area (Å²) in [6.45, 7) is 15.6. The third-order valence-electron chi connectivity index (χ3n) is 11.9. The molecule has 3 unspecified atom stereocenters. The molecule has 0 N–H and O–H groups in total. The number of rotatable bonds is 4. The second-order valence-electron chi connectivity index (χ2n) is 14.1. The normalized spacial score (nSPS) is 50.6. The zero-order valence-electron chi connectivity index (χ0n) is 23.2. The van der Waals surface area contributed by atoms with Crippen LogP contribution in [0.4, 0.5) is 0 Å². The predicted octanol–water partition coefficient (Wildman–Crippen LogP) is 7.12. The molecule has 0 bridgehead atoms. The Morgan fingerprint density at radius 3 is 2.34 bits per heavy atom. The minimum absolute atomic E-state index is 0.171. The van der Waals surface area contributed by atoms with Crippen molar-refractivity contribution in [3.05, 3.63) is 12.2 Å². The van der Waals surface area contributed by atoms with E-state index in [1.54, 1.807) is 0 Å². The van der Waals surface area contributed by atoms with Crippen LogP contribution in [0.15, 0.2) is 12.2 Å². The molecule has 1 spiro atoms. The maximum atomic E-state index is 6.66. The fourth-order valence-electron chi connectivity index (χ4n) is 10.6. The van der Waals surface area contributed by atoms with Crippen molar-refractivity contribution in [2.45, 2.75) is 123 Å². The van der Waals surface area contributed by atoms with Crippen molar-refractivity contribution in [1.82, 2.24) is 0 Å². The van der Waals surface area contributed by atoms with Crippen LogP contribution in [0.1, 0.15) is 99.3 Å². The zero-order chi connectivity index (χ0) is 24.6. The fraction of sp³-hybridized carbons (Fsp3) is 0.935. The van der Waals surface area contributed by atoms with Crippen LogP contribution in [0, 0.1) is 46.3 Å². The molecule has 198 valence electrons. The molecular formula is C31H50O4. The van der Waals surface area contributed by atoms with Gasteiger partial charge in [0.25, 0.3) is 0 Å². The number of fused-ring (bicyclic) bond motifs is 7. The second kappa shape index (κ2) is 8.55. The highest BCUT2D eigenvalue weighted by molar-refractivity contribution is 5.16. The monoisotopic (exact) mass is 486 g/mol. The number of unbranched alkanes of at least 4 members (excludes halogenated alkanes) is 1. The number of allylic oxidation sites excluding steroid dienone is 2. The van der Waals surface area contributed by atoms with E-state index in [2.05, 4.69) is 53.7 Å². The molecule has 6 fully saturated rings. The van der Waals surface area contributed by atoms with Gasteiger partial charge in [-0.15, -0.1) is 0 Å². The van der Waals surface area contributed by atoms with E-state index in [4.69, 9.17) is 18.9 Å². The van der Waals surface area contributed by atoms with Crippen molar-refractivity contribution in [3.63, 3.8) is 0 Å². The fourth-order valence-corrected chi connectivity index (χ4v) is 10.6. The van der Waals surface area contributed by atoms with Crippen molar-refractivity contribution in [2.75, 3.05) is 13.2 Å². The Hall–Kier alpha value is -0.420. The summed E-state index contributed by atoms with van der Waals surface area (Å²) in [4.78, 5) is 0. The zero-order valence-corrected chi connectivity index (χ0v) is 23.2. The highest BCUT2D eigenvalue weighted by Gasteiger charge is 2.70. The Labute approximate surface area is 213 Å². The van der Waals surface area contributed by atoms with Gasteiger partial charge in [-0.05, 0) is 99.2 Å². The molecule has 2 saturated heterocycles. The Bertz CT molecular complexity index is 830. The molecule has 35 heavy (non-hydrogen) atoms. The number of ether oxygens (including phenoxy) is 4. The topological polar surface area (TPSA) is 36.9 Å². The van der Waals surface area contributed by atoms with Crippen LogP contribution in [0.5, 0.6) is 0 Å². The summed E-state index contributed by atoms with van der Waals surface area (Å²) in [5.74, 6) is 3.19. The molecule has 4 aliphatic carbocycles. The van der Waals surface area contributed by atoms with Gasteiger partial charge in [0.2, 0.25) is 0 Å². The van der Waals surface area contributed by atoms with E-state index in [1.165, 1.54) is 38.5 Å². The van der Waals surface area contributed by atoms with Gasteiger partial charge >= 0.3 is 0 Å². The summed E-state index contributed by atoms with van der Waals surface area (Å²) >= 11 is 0. The van der Waals surface area contributed by atoms with Crippen LogP contribution >= 0.6 is 0 Å². The van der Waals surface area contributed by atoms with E-state index in [9.17, 15) is 0 Å². The van der Waals surface area contributed by atoms with E-state index in [-0.39, 0.29) is 17.6 Å². The van der Waals surface area contributed by atoms with Gasteiger partial charge in [0.15, 0.2) is 11.6 Å². The van der Waals surface area contributed by atoms with E-state index >= 15 is 0 Å². The quantitative estimate of drug-likeness (QED) is 0.396. The smallest absolute Gasteiger partial charge is 0.172 e. The van der Waals surface area contributed by atoms with Crippen molar-refractivity contribution in [1.29, 1.82) is 0 Å². The molecule has 10 atom stereocenters. The Morgan fingerprint density at radius 2 is 1.60 bits per heavy atom. The van der Waals surface area contributed by atoms with E-state index < -0.39 is 11.6 Å². The first kappa shape index (κ1) is 24.9. The molecule has 0 aromatic carbocycles. The lowest BCUT2D eigenvalue weighted by atomic mass is 9.42. The summed E-state index contributed by atoms with van der Waals surface area (Å²) in [6.07, 6.45) is 16.5. The first-order valence-corrected chi connectivity index (χ1v) is 14.9. The highest BCUT2D eigenvalue weighted by Crippen LogP contribution is 2.71. The SMILES string of the molecule is CCC/C=C\[C@@H](C)[C@H]1CCC2C3CC4(OCCO4)[C@H]4C[C@@H]5OC(C)(C)O[C@@H]5C[C@]4(C)C3CC[C@@]21C. The second-order valence-corrected chi connectivity index (χ2v) is 14.1. The summed E-state index contributed by atoms with van der Waals surface area (Å²) in [5, 5.41) is 0. The molecule has 2 aliphatic heterocycles. The van der Waals surface area contributed by atoms with E-state index in [0.717, 1.165) is 50.2 Å². The van der Waals surface area contributed by atoms with Crippen molar-refractivity contribution >= 4 is 0 Å². The van der Waals surface area contributed by atoms with Crippen LogP contribution in [0.2, 0.25) is 0 Å². The Kier molecular flexibility index (Phi) is 6.08. The van der Waals surface area contributed by atoms with Gasteiger partial charge in [0.1, 0.15) is 0 Å². The van der Waals surface area contributed by atoms with Gasteiger partial charge < -0.3 is 18.9 Å². The lowest BCUT2D eigenvalue weighted by Crippen LogP contribution is -2.65. The molecule has 0 aromatic heterocycles. The van der Waals surface area contributed by atoms with Crippen molar-refractivity contribution in [3.8, 4) is 0 Å². The van der Waals surface area contributed by atoms with E-state index in [0.29, 0.717) is 23.2 Å². The lowest BCUT2D eigenvalue weighted by Gasteiger charge is -2.65. The summed E-state index contributed by atoms with van der Waals surface area (Å²) in [6, 6.07) is 0. The lowest BCUT2D eigenvalue weighted by molar-refractivity contribution is -0.300. The highest BCUT2D eigenvalue weighted by atomic mass is 16.8. The van der Waals surface area contributed by atoms with Crippen LogP contribution in [-0.4, -0.2) is 37.0 Å². The standard InChI is InChI=1S/C31H50O4/c1-7-8-9-10-20(2)22-11-12-23-21-18-31(32-15-16-33-31)27-17-25-26(35-28(3,4)34-25)19-30(27,6)24(21)13-14-29(22,23)5/h9-10,20-27H,7-8,11-19H2,1-6H3/b10-9-/t20-,21?,22-,23?,24?,25+,26-,27+,29-,30-/m1/s1. The maximum absolute atomic E-state index is 6.66. The van der Waals surface area contributed by atoms with Crippen molar-refractivity contribution in [2.24, 2.45) is 46.3 Å². The van der Waals surface area contributed by atoms with Gasteiger partial charge in [-0.25, -0.2) is 0 Å². The largest absolute Gasteiger partial charge is 0.347 e. The van der Waals surface area contributed by atoms with E-state index in [1.807, 2.05) is 0 Å². The molecule has 6 rings (SSSR count). The summed E-state index contributed by atoms with van der Waals surface area (Å²) < 4.78 is 26.2. The predicted molar refractivity (Wildman–Crippen MR) is 138 cm³/mol. The van der Waals surface area contributed by atoms with Crippen LogP contribution in [0.3, 0.4) is 0 Å². The third kappa shape index (κ3) is 3.74. The van der Waals surface area contributed by atoms with Gasteiger partial charge in [-0.2, -0.15) is 0 Å².